The molecule has 2 aliphatic heterocycles. The van der Waals surface area contributed by atoms with Crippen molar-refractivity contribution in [2.45, 2.75) is 45.1 Å². The van der Waals surface area contributed by atoms with Crippen LogP contribution < -0.4 is 5.32 Å². The molecule has 2 heteroatoms. The predicted molar refractivity (Wildman–Crippen MR) is 58.3 cm³/mol. The molecule has 0 bridgehead atoms. The monoisotopic (exact) mass is 197 g/mol. The van der Waals surface area contributed by atoms with Crippen LogP contribution in [0.15, 0.2) is 0 Å². The predicted octanol–water partition coefficient (Wildman–Crippen LogP) is 2.19. The van der Waals surface area contributed by atoms with Gasteiger partial charge >= 0.3 is 0 Å². The second-order valence-electron chi connectivity index (χ2n) is 4.81. The van der Waals surface area contributed by atoms with E-state index in [1.807, 2.05) is 0 Å². The minimum absolute atomic E-state index is 0.789. The molecule has 0 aromatic heterocycles. The first kappa shape index (κ1) is 10.4. The van der Waals surface area contributed by atoms with Crippen LogP contribution in [0.4, 0.5) is 0 Å². The molecule has 2 aliphatic rings. The second kappa shape index (κ2) is 5.13. The molecule has 0 saturated carbocycles. The topological polar surface area (TPSA) is 21.3 Å². The van der Waals surface area contributed by atoms with Crippen molar-refractivity contribution in [2.24, 2.45) is 11.8 Å². The molecule has 14 heavy (non-hydrogen) atoms. The lowest BCUT2D eigenvalue weighted by atomic mass is 9.81. The van der Waals surface area contributed by atoms with Gasteiger partial charge in [0.1, 0.15) is 0 Å². The third kappa shape index (κ3) is 2.48. The van der Waals surface area contributed by atoms with E-state index in [9.17, 15) is 0 Å². The first-order valence-electron chi connectivity index (χ1n) is 6.21. The van der Waals surface area contributed by atoms with Crippen molar-refractivity contribution < 1.29 is 4.74 Å². The highest BCUT2D eigenvalue weighted by Crippen LogP contribution is 2.28. The number of hydrogen-bond donors (Lipinski definition) is 1. The molecule has 2 nitrogen and oxygen atoms in total. The first-order valence-corrected chi connectivity index (χ1v) is 6.21. The zero-order chi connectivity index (χ0) is 9.80. The largest absolute Gasteiger partial charge is 0.381 e. The summed E-state index contributed by atoms with van der Waals surface area (Å²) >= 11 is 0. The smallest absolute Gasteiger partial charge is 0.0469 e. The Morgan fingerprint density at radius 2 is 2.00 bits per heavy atom. The Bertz CT molecular complexity index is 166. The number of piperidine rings is 1. The minimum Gasteiger partial charge on any atom is -0.381 e. The summed E-state index contributed by atoms with van der Waals surface area (Å²) in [6.07, 6.45) is 6.70. The molecule has 0 aromatic carbocycles. The molecular formula is C12H23NO. The number of hydrogen-bond acceptors (Lipinski definition) is 2. The molecular weight excluding hydrogens is 174 g/mol. The second-order valence-corrected chi connectivity index (χ2v) is 4.81. The van der Waals surface area contributed by atoms with Crippen molar-refractivity contribution in [3.8, 4) is 0 Å². The van der Waals surface area contributed by atoms with E-state index in [1.54, 1.807) is 0 Å². The maximum atomic E-state index is 5.42. The average molecular weight is 197 g/mol. The molecule has 2 heterocycles. The Labute approximate surface area is 87.4 Å². The molecule has 0 aromatic rings. The van der Waals surface area contributed by atoms with Gasteiger partial charge in [0.15, 0.2) is 0 Å². The minimum atomic E-state index is 0.789. The SMILES string of the molecule is CCC1CCNC(C2CCOCC2)C1. The van der Waals surface area contributed by atoms with Crippen LogP contribution in [0.1, 0.15) is 39.0 Å². The van der Waals surface area contributed by atoms with E-state index in [4.69, 9.17) is 4.74 Å². The van der Waals surface area contributed by atoms with Gasteiger partial charge in [-0.2, -0.15) is 0 Å². The van der Waals surface area contributed by atoms with Crippen LogP contribution in [0, 0.1) is 11.8 Å². The van der Waals surface area contributed by atoms with Crippen LogP contribution >= 0.6 is 0 Å². The van der Waals surface area contributed by atoms with Crippen molar-refractivity contribution in [1.29, 1.82) is 0 Å². The van der Waals surface area contributed by atoms with E-state index in [2.05, 4.69) is 12.2 Å². The van der Waals surface area contributed by atoms with E-state index in [0.29, 0.717) is 0 Å². The molecule has 0 amide bonds. The van der Waals surface area contributed by atoms with Crippen LogP contribution in [0.25, 0.3) is 0 Å². The molecule has 0 radical (unpaired) electrons. The van der Waals surface area contributed by atoms with Gasteiger partial charge in [-0.05, 0) is 44.1 Å². The summed E-state index contributed by atoms with van der Waals surface area (Å²) in [4.78, 5) is 0. The highest BCUT2D eigenvalue weighted by atomic mass is 16.5. The van der Waals surface area contributed by atoms with Crippen molar-refractivity contribution in [2.75, 3.05) is 19.8 Å². The zero-order valence-electron chi connectivity index (χ0n) is 9.30. The summed E-state index contributed by atoms with van der Waals surface area (Å²) in [5.41, 5.74) is 0. The van der Waals surface area contributed by atoms with E-state index in [1.165, 1.54) is 38.6 Å². The Balaban J connectivity index is 1.83. The molecule has 2 atom stereocenters. The summed E-state index contributed by atoms with van der Waals surface area (Å²) in [6, 6.07) is 0.789. The van der Waals surface area contributed by atoms with Gasteiger partial charge in [-0.25, -0.2) is 0 Å². The quantitative estimate of drug-likeness (QED) is 0.732. The molecule has 2 rings (SSSR count). The molecule has 0 aliphatic carbocycles. The Morgan fingerprint density at radius 3 is 2.71 bits per heavy atom. The third-order valence-electron chi connectivity index (χ3n) is 3.96. The van der Waals surface area contributed by atoms with Gasteiger partial charge in [0.05, 0.1) is 0 Å². The maximum Gasteiger partial charge on any atom is 0.0469 e. The highest BCUT2D eigenvalue weighted by Gasteiger charge is 2.28. The lowest BCUT2D eigenvalue weighted by Gasteiger charge is -2.37. The fourth-order valence-corrected chi connectivity index (χ4v) is 2.88. The van der Waals surface area contributed by atoms with Gasteiger partial charge in [-0.15, -0.1) is 0 Å². The Hall–Kier alpha value is -0.0800. The van der Waals surface area contributed by atoms with E-state index in [0.717, 1.165) is 31.1 Å². The summed E-state index contributed by atoms with van der Waals surface area (Å²) in [5, 5.41) is 3.70. The molecule has 0 spiro atoms. The normalized spacial score (nSPS) is 35.8. The van der Waals surface area contributed by atoms with E-state index in [-0.39, 0.29) is 0 Å². The van der Waals surface area contributed by atoms with Crippen LogP contribution in [0.3, 0.4) is 0 Å². The highest BCUT2D eigenvalue weighted by molar-refractivity contribution is 4.84. The summed E-state index contributed by atoms with van der Waals surface area (Å²) in [7, 11) is 0. The van der Waals surface area contributed by atoms with Crippen LogP contribution in [-0.4, -0.2) is 25.8 Å². The van der Waals surface area contributed by atoms with Crippen LogP contribution in [0.2, 0.25) is 0 Å². The van der Waals surface area contributed by atoms with E-state index >= 15 is 0 Å². The van der Waals surface area contributed by atoms with Gasteiger partial charge < -0.3 is 10.1 Å². The summed E-state index contributed by atoms with van der Waals surface area (Å²) in [5.74, 6) is 1.86. The molecule has 1 N–H and O–H groups in total. The maximum absolute atomic E-state index is 5.42. The van der Waals surface area contributed by atoms with Gasteiger partial charge in [0.2, 0.25) is 0 Å². The summed E-state index contributed by atoms with van der Waals surface area (Å²) in [6.45, 7) is 5.54. The first-order chi connectivity index (χ1) is 6.90. The van der Waals surface area contributed by atoms with Gasteiger partial charge in [0.25, 0.3) is 0 Å². The van der Waals surface area contributed by atoms with Crippen molar-refractivity contribution >= 4 is 0 Å². The van der Waals surface area contributed by atoms with Gasteiger partial charge in [0, 0.05) is 19.3 Å². The number of rotatable bonds is 2. The number of nitrogens with one attached hydrogen (secondary N) is 1. The standard InChI is InChI=1S/C12H23NO/c1-2-10-3-6-13-12(9-10)11-4-7-14-8-5-11/h10-13H,2-9H2,1H3. The van der Waals surface area contributed by atoms with Crippen molar-refractivity contribution in [1.82, 2.24) is 5.32 Å². The average Bonchev–Trinajstić information content (AvgIpc) is 2.30. The zero-order valence-corrected chi connectivity index (χ0v) is 9.30. The molecule has 2 unspecified atom stereocenters. The summed E-state index contributed by atoms with van der Waals surface area (Å²) < 4.78 is 5.42. The lowest BCUT2D eigenvalue weighted by molar-refractivity contribution is 0.0457. The van der Waals surface area contributed by atoms with Crippen molar-refractivity contribution in [3.63, 3.8) is 0 Å². The van der Waals surface area contributed by atoms with E-state index < -0.39 is 0 Å². The molecule has 82 valence electrons. The van der Waals surface area contributed by atoms with Crippen LogP contribution in [0.5, 0.6) is 0 Å². The molecule has 2 saturated heterocycles. The van der Waals surface area contributed by atoms with Gasteiger partial charge in [-0.1, -0.05) is 13.3 Å². The lowest BCUT2D eigenvalue weighted by Crippen LogP contribution is -2.44. The fourth-order valence-electron chi connectivity index (χ4n) is 2.88. The van der Waals surface area contributed by atoms with Crippen molar-refractivity contribution in [3.05, 3.63) is 0 Å². The fraction of sp³-hybridized carbons (Fsp3) is 1.00. The van der Waals surface area contributed by atoms with Gasteiger partial charge in [-0.3, -0.25) is 0 Å². The Kier molecular flexibility index (Phi) is 3.82. The van der Waals surface area contributed by atoms with Crippen LogP contribution in [-0.2, 0) is 4.74 Å². The Morgan fingerprint density at radius 1 is 1.21 bits per heavy atom. The molecule has 2 fully saturated rings. The number of ether oxygens (including phenoxy) is 1. The third-order valence-corrected chi connectivity index (χ3v) is 3.96.